The number of hydrogen-bond donors (Lipinski definition) is 1. The molecule has 3 rings (SSSR count). The van der Waals surface area contributed by atoms with Crippen molar-refractivity contribution in [3.63, 3.8) is 0 Å². The summed E-state index contributed by atoms with van der Waals surface area (Å²) in [6.45, 7) is 0.592. The van der Waals surface area contributed by atoms with Crippen molar-refractivity contribution in [1.29, 1.82) is 0 Å². The molecule has 1 N–H and O–H groups in total. The fourth-order valence-electron chi connectivity index (χ4n) is 2.55. The SMILES string of the molecule is CN1C(=O)c2cccn2CC1c1ncccc1CO. The molecular weight excluding hydrogens is 242 g/mol. The van der Waals surface area contributed by atoms with Crippen molar-refractivity contribution in [3.8, 4) is 0 Å². The fraction of sp³-hybridized carbons (Fsp3) is 0.286. The van der Waals surface area contributed by atoms with Gasteiger partial charge >= 0.3 is 0 Å². The van der Waals surface area contributed by atoms with E-state index < -0.39 is 0 Å². The second-order valence-corrected chi connectivity index (χ2v) is 4.68. The number of fused-ring (bicyclic) bond motifs is 1. The van der Waals surface area contributed by atoms with Crippen LogP contribution >= 0.6 is 0 Å². The number of aliphatic hydroxyl groups is 1. The third-order valence-electron chi connectivity index (χ3n) is 3.62. The lowest BCUT2D eigenvalue weighted by molar-refractivity contribution is 0.0648. The first kappa shape index (κ1) is 11.9. The van der Waals surface area contributed by atoms with Crippen LogP contribution in [0.15, 0.2) is 36.7 Å². The monoisotopic (exact) mass is 257 g/mol. The molecule has 2 aromatic rings. The molecule has 0 aromatic carbocycles. The first-order valence-corrected chi connectivity index (χ1v) is 6.19. The maximum Gasteiger partial charge on any atom is 0.270 e. The molecular formula is C14H15N3O2. The molecule has 0 bridgehead atoms. The van der Waals surface area contributed by atoms with Crippen LogP contribution in [0.25, 0.3) is 0 Å². The lowest BCUT2D eigenvalue weighted by atomic mass is 10.0. The summed E-state index contributed by atoms with van der Waals surface area (Å²) in [5, 5.41) is 9.41. The van der Waals surface area contributed by atoms with Crippen LogP contribution in [0.3, 0.4) is 0 Å². The highest BCUT2D eigenvalue weighted by Gasteiger charge is 2.32. The van der Waals surface area contributed by atoms with Gasteiger partial charge in [0.05, 0.1) is 18.3 Å². The molecule has 1 aliphatic rings. The molecule has 98 valence electrons. The van der Waals surface area contributed by atoms with E-state index in [4.69, 9.17) is 0 Å². The Kier molecular flexibility index (Phi) is 2.83. The number of aliphatic hydroxyl groups excluding tert-OH is 1. The van der Waals surface area contributed by atoms with E-state index in [2.05, 4.69) is 4.98 Å². The Morgan fingerprint density at radius 2 is 2.26 bits per heavy atom. The first-order chi connectivity index (χ1) is 9.22. The van der Waals surface area contributed by atoms with E-state index >= 15 is 0 Å². The van der Waals surface area contributed by atoms with Gasteiger partial charge in [-0.15, -0.1) is 0 Å². The molecule has 1 atom stereocenters. The smallest absolute Gasteiger partial charge is 0.270 e. The number of aromatic nitrogens is 2. The van der Waals surface area contributed by atoms with Crippen molar-refractivity contribution in [1.82, 2.24) is 14.5 Å². The topological polar surface area (TPSA) is 58.4 Å². The molecule has 0 fully saturated rings. The van der Waals surface area contributed by atoms with Gasteiger partial charge in [-0.2, -0.15) is 0 Å². The molecule has 0 saturated carbocycles. The van der Waals surface area contributed by atoms with E-state index in [0.717, 1.165) is 11.3 Å². The highest BCUT2D eigenvalue weighted by molar-refractivity contribution is 5.93. The second kappa shape index (κ2) is 4.51. The summed E-state index contributed by atoms with van der Waals surface area (Å²) in [6.07, 6.45) is 3.59. The van der Waals surface area contributed by atoms with Crippen LogP contribution in [0.4, 0.5) is 0 Å². The molecule has 5 heteroatoms. The summed E-state index contributed by atoms with van der Waals surface area (Å²) in [4.78, 5) is 18.3. The molecule has 2 aromatic heterocycles. The van der Waals surface area contributed by atoms with Gasteiger partial charge in [-0.1, -0.05) is 6.07 Å². The van der Waals surface area contributed by atoms with Crippen LogP contribution in [-0.2, 0) is 13.2 Å². The van der Waals surface area contributed by atoms with Gasteiger partial charge < -0.3 is 14.6 Å². The summed E-state index contributed by atoms with van der Waals surface area (Å²) in [5.41, 5.74) is 2.23. The third-order valence-corrected chi connectivity index (χ3v) is 3.62. The third kappa shape index (κ3) is 1.82. The highest BCUT2D eigenvalue weighted by Crippen LogP contribution is 2.29. The van der Waals surface area contributed by atoms with Gasteiger partial charge in [0.1, 0.15) is 5.69 Å². The molecule has 0 spiro atoms. The van der Waals surface area contributed by atoms with Crippen LogP contribution in [0.5, 0.6) is 0 Å². The predicted molar refractivity (Wildman–Crippen MR) is 69.4 cm³/mol. The number of amides is 1. The Morgan fingerprint density at radius 1 is 1.42 bits per heavy atom. The van der Waals surface area contributed by atoms with E-state index in [9.17, 15) is 9.90 Å². The Balaban J connectivity index is 2.05. The van der Waals surface area contributed by atoms with Crippen LogP contribution in [0, 0.1) is 0 Å². The van der Waals surface area contributed by atoms with Gasteiger partial charge in [0.15, 0.2) is 0 Å². The minimum absolute atomic E-state index is 0.0178. The zero-order valence-electron chi connectivity index (χ0n) is 10.7. The quantitative estimate of drug-likeness (QED) is 0.879. The number of likely N-dealkylation sites (N-methyl/N-ethyl adjacent to an activating group) is 1. The van der Waals surface area contributed by atoms with Gasteiger partial charge in [0.25, 0.3) is 5.91 Å². The maximum atomic E-state index is 12.3. The van der Waals surface area contributed by atoms with E-state index in [0.29, 0.717) is 12.2 Å². The Labute approximate surface area is 111 Å². The fourth-order valence-corrected chi connectivity index (χ4v) is 2.55. The van der Waals surface area contributed by atoms with Gasteiger partial charge in [-0.25, -0.2) is 0 Å². The second-order valence-electron chi connectivity index (χ2n) is 4.68. The zero-order valence-corrected chi connectivity index (χ0v) is 10.7. The van der Waals surface area contributed by atoms with E-state index in [1.165, 1.54) is 0 Å². The molecule has 5 nitrogen and oxygen atoms in total. The maximum absolute atomic E-state index is 12.3. The van der Waals surface area contributed by atoms with Crippen molar-refractivity contribution in [2.75, 3.05) is 7.05 Å². The minimum Gasteiger partial charge on any atom is -0.392 e. The molecule has 3 heterocycles. The van der Waals surface area contributed by atoms with Crippen molar-refractivity contribution in [2.45, 2.75) is 19.2 Å². The summed E-state index contributed by atoms with van der Waals surface area (Å²) in [6, 6.07) is 7.18. The molecule has 0 saturated heterocycles. The van der Waals surface area contributed by atoms with Crippen LogP contribution < -0.4 is 0 Å². The first-order valence-electron chi connectivity index (χ1n) is 6.19. The number of pyridine rings is 1. The highest BCUT2D eigenvalue weighted by atomic mass is 16.3. The number of rotatable bonds is 2. The minimum atomic E-state index is -0.143. The van der Waals surface area contributed by atoms with Crippen molar-refractivity contribution in [2.24, 2.45) is 0 Å². The lowest BCUT2D eigenvalue weighted by Gasteiger charge is -2.34. The van der Waals surface area contributed by atoms with Crippen LogP contribution in [0.1, 0.15) is 27.8 Å². The van der Waals surface area contributed by atoms with Crippen molar-refractivity contribution < 1.29 is 9.90 Å². The average molecular weight is 257 g/mol. The normalized spacial score (nSPS) is 18.5. The standard InChI is InChI=1S/C14H15N3O2/c1-16-12(13-10(9-18)4-2-6-15-13)8-17-7-3-5-11(17)14(16)19/h2-7,12,18H,8-9H2,1H3. The number of nitrogens with zero attached hydrogens (tertiary/aromatic N) is 3. The molecule has 0 radical (unpaired) electrons. The molecule has 1 aliphatic heterocycles. The van der Waals surface area contributed by atoms with Crippen LogP contribution in [0.2, 0.25) is 0 Å². The number of hydrogen-bond acceptors (Lipinski definition) is 3. The van der Waals surface area contributed by atoms with Gasteiger partial charge in [-0.3, -0.25) is 9.78 Å². The molecule has 19 heavy (non-hydrogen) atoms. The van der Waals surface area contributed by atoms with E-state index in [-0.39, 0.29) is 18.6 Å². The number of carbonyl (C=O) groups excluding carboxylic acids is 1. The lowest BCUT2D eigenvalue weighted by Crippen LogP contribution is -2.40. The Hall–Kier alpha value is -2.14. The van der Waals surface area contributed by atoms with Crippen molar-refractivity contribution >= 4 is 5.91 Å². The number of carbonyl (C=O) groups is 1. The predicted octanol–water partition coefficient (Wildman–Crippen LogP) is 1.20. The zero-order chi connectivity index (χ0) is 13.4. The van der Waals surface area contributed by atoms with E-state index in [1.807, 2.05) is 29.0 Å². The van der Waals surface area contributed by atoms with E-state index in [1.54, 1.807) is 24.2 Å². The Morgan fingerprint density at radius 3 is 3.05 bits per heavy atom. The molecule has 1 amide bonds. The Bertz CT molecular complexity index is 621. The summed E-state index contributed by atoms with van der Waals surface area (Å²) in [7, 11) is 1.78. The van der Waals surface area contributed by atoms with Gasteiger partial charge in [0.2, 0.25) is 0 Å². The van der Waals surface area contributed by atoms with Gasteiger partial charge in [0, 0.05) is 31.5 Å². The summed E-state index contributed by atoms with van der Waals surface area (Å²) < 4.78 is 1.93. The molecule has 1 unspecified atom stereocenters. The summed E-state index contributed by atoms with van der Waals surface area (Å²) in [5.74, 6) is -0.0178. The van der Waals surface area contributed by atoms with Gasteiger partial charge in [-0.05, 0) is 18.2 Å². The van der Waals surface area contributed by atoms with Crippen molar-refractivity contribution in [3.05, 3.63) is 53.6 Å². The summed E-state index contributed by atoms with van der Waals surface area (Å²) >= 11 is 0. The largest absolute Gasteiger partial charge is 0.392 e. The van der Waals surface area contributed by atoms with Crippen LogP contribution in [-0.4, -0.2) is 32.5 Å². The average Bonchev–Trinajstić information content (AvgIpc) is 2.91. The molecule has 0 aliphatic carbocycles.